The molecule has 2 aliphatic carbocycles. The van der Waals surface area contributed by atoms with Gasteiger partial charge < -0.3 is 18.9 Å². The van der Waals surface area contributed by atoms with Crippen molar-refractivity contribution in [3.05, 3.63) is 64.8 Å². The van der Waals surface area contributed by atoms with Crippen molar-refractivity contribution in [3.63, 3.8) is 0 Å². The molecule has 14 heteroatoms. The van der Waals surface area contributed by atoms with Crippen LogP contribution in [0.3, 0.4) is 0 Å². The van der Waals surface area contributed by atoms with Gasteiger partial charge in [0.25, 0.3) is 11.8 Å². The first-order valence-electron chi connectivity index (χ1n) is 16.3. The fourth-order valence-electron chi connectivity index (χ4n) is 8.20. The number of amides is 4. The van der Waals surface area contributed by atoms with Crippen LogP contribution in [0.15, 0.2) is 53.6 Å². The zero-order valence-corrected chi connectivity index (χ0v) is 28.0. The van der Waals surface area contributed by atoms with Gasteiger partial charge in [-0.3, -0.25) is 39.0 Å². The van der Waals surface area contributed by atoms with Gasteiger partial charge in [-0.15, -0.1) is 0 Å². The minimum Gasteiger partial charge on any atom is -0.466 e. The third kappa shape index (κ3) is 5.33. The summed E-state index contributed by atoms with van der Waals surface area (Å²) in [4.78, 5) is 103. The molecule has 3 aliphatic heterocycles. The summed E-state index contributed by atoms with van der Waals surface area (Å²) < 4.78 is 22.6. The number of fused-ring (bicyclic) bond motifs is 1. The van der Waals surface area contributed by atoms with Gasteiger partial charge >= 0.3 is 23.9 Å². The summed E-state index contributed by atoms with van der Waals surface area (Å²) in [7, 11) is 1.28. The van der Waals surface area contributed by atoms with E-state index in [0.29, 0.717) is 18.4 Å². The topological polar surface area (TPSA) is 189 Å². The Bertz CT molecular complexity index is 1860. The van der Waals surface area contributed by atoms with Crippen molar-refractivity contribution >= 4 is 47.5 Å². The number of methoxy groups -OCH3 is 1. The Labute approximate surface area is 286 Å². The summed E-state index contributed by atoms with van der Waals surface area (Å²) in [5.41, 5.74) is -3.40. The Kier molecular flexibility index (Phi) is 8.61. The molecule has 50 heavy (non-hydrogen) atoms. The molecule has 3 fully saturated rings. The second-order valence-corrected chi connectivity index (χ2v) is 13.4. The van der Waals surface area contributed by atoms with Crippen molar-refractivity contribution in [3.8, 4) is 5.75 Å². The maximum atomic E-state index is 13.8. The van der Waals surface area contributed by atoms with Crippen LogP contribution in [0.5, 0.6) is 5.75 Å². The van der Waals surface area contributed by atoms with E-state index in [-0.39, 0.29) is 54.6 Å². The Morgan fingerprint density at radius 2 is 1.78 bits per heavy atom. The molecule has 0 radical (unpaired) electrons. The molecule has 5 aliphatic rings. The van der Waals surface area contributed by atoms with Crippen LogP contribution in [-0.2, 0) is 43.0 Å². The number of carbonyl (C=O) groups excluding carboxylic acids is 8. The fraction of sp³-hybridized carbons (Fsp3) is 0.444. The summed E-state index contributed by atoms with van der Waals surface area (Å²) in [6.45, 7) is 4.46. The molecule has 0 aromatic heterocycles. The number of imide groups is 2. The first kappa shape index (κ1) is 34.5. The number of benzene rings is 1. The predicted molar refractivity (Wildman–Crippen MR) is 170 cm³/mol. The largest absolute Gasteiger partial charge is 0.466 e. The van der Waals surface area contributed by atoms with E-state index in [2.05, 4.69) is 5.32 Å². The van der Waals surface area contributed by atoms with Crippen molar-refractivity contribution < 1.29 is 57.3 Å². The minimum absolute atomic E-state index is 0.0249. The van der Waals surface area contributed by atoms with Gasteiger partial charge in [0.1, 0.15) is 28.4 Å². The molecule has 5 unspecified atom stereocenters. The molecule has 1 saturated carbocycles. The smallest absolute Gasteiger partial charge is 0.339 e. The minimum atomic E-state index is -1.25. The average Bonchev–Trinajstić information content (AvgIpc) is 3.39. The molecule has 1 aromatic carbocycles. The number of allylic oxidation sites excluding steroid dienone is 3. The van der Waals surface area contributed by atoms with E-state index in [0.717, 1.165) is 4.90 Å². The number of nitrogens with zero attached hydrogens (tertiary/aromatic N) is 1. The second kappa shape index (κ2) is 12.5. The molecule has 14 nitrogen and oxygen atoms in total. The Balaban J connectivity index is 1.22. The van der Waals surface area contributed by atoms with Crippen LogP contribution in [0.1, 0.15) is 86.4 Å². The molecular weight excluding hydrogens is 652 g/mol. The Morgan fingerprint density at radius 1 is 1.02 bits per heavy atom. The number of cyclic esters (lactones) is 1. The van der Waals surface area contributed by atoms with Crippen molar-refractivity contribution in [1.82, 2.24) is 10.2 Å². The lowest BCUT2D eigenvalue weighted by Gasteiger charge is -2.54. The third-order valence-corrected chi connectivity index (χ3v) is 10.6. The van der Waals surface area contributed by atoms with Gasteiger partial charge in [0.05, 0.1) is 18.2 Å². The standard InChI is InChI=1S/C36H36N2O12/c1-19(31(44)48-24-9-5-8-22-27(24)30(43)38(29(22)42)23-10-11-26(40)37-28(23)41)7-6-15-34(3)25-14-17-35(33(46)50-34)16-12-21(32(45)47-4)13-18-36(25,35)49-20(2)39/h5-9,12,15,23,25H,10-11,13-14,16-18H2,1-4H3,(H,37,40,41). The SMILES string of the molecule is COC(=O)C1=CCC23CCC(C(C)(C=CC=C(C)C(=O)Oc4cccc5c4C(=O)N(C4CCC(=O)NC4=O)C5=O)OC2=O)C3(OC(C)=O)CC1. The summed E-state index contributed by atoms with van der Waals surface area (Å²) in [5, 5.41) is 2.14. The monoisotopic (exact) mass is 688 g/mol. The zero-order chi connectivity index (χ0) is 36.2. The lowest BCUT2D eigenvalue weighted by Crippen LogP contribution is -2.65. The number of hydrogen-bond donors (Lipinski definition) is 1. The van der Waals surface area contributed by atoms with Gasteiger partial charge in [-0.25, -0.2) is 9.59 Å². The quantitative estimate of drug-likeness (QED) is 0.110. The highest BCUT2D eigenvalue weighted by molar-refractivity contribution is 6.24. The number of rotatable bonds is 7. The van der Waals surface area contributed by atoms with Crippen LogP contribution in [0.2, 0.25) is 0 Å². The molecule has 6 rings (SSSR count). The first-order valence-corrected chi connectivity index (χ1v) is 16.3. The fourth-order valence-corrected chi connectivity index (χ4v) is 8.20. The predicted octanol–water partition coefficient (Wildman–Crippen LogP) is 2.79. The number of piperidine rings is 1. The Morgan fingerprint density at radius 3 is 2.48 bits per heavy atom. The van der Waals surface area contributed by atoms with E-state index < -0.39 is 76.1 Å². The third-order valence-electron chi connectivity index (χ3n) is 10.6. The number of nitrogens with one attached hydrogen (secondary N) is 1. The molecule has 1 N–H and O–H groups in total. The number of hydrogen-bond acceptors (Lipinski definition) is 12. The van der Waals surface area contributed by atoms with E-state index in [9.17, 15) is 38.4 Å². The second-order valence-electron chi connectivity index (χ2n) is 13.4. The summed E-state index contributed by atoms with van der Waals surface area (Å²) in [5.74, 6) is -5.93. The highest BCUT2D eigenvalue weighted by atomic mass is 16.6. The first-order chi connectivity index (χ1) is 23.7. The average molecular weight is 689 g/mol. The summed E-state index contributed by atoms with van der Waals surface area (Å²) in [6, 6.07) is 3.00. The van der Waals surface area contributed by atoms with Crippen LogP contribution in [0.4, 0.5) is 0 Å². The summed E-state index contributed by atoms with van der Waals surface area (Å²) in [6.07, 6.45) is 7.66. The summed E-state index contributed by atoms with van der Waals surface area (Å²) >= 11 is 0. The maximum Gasteiger partial charge on any atom is 0.339 e. The van der Waals surface area contributed by atoms with Gasteiger partial charge in [-0.2, -0.15) is 0 Å². The molecule has 4 amide bonds. The van der Waals surface area contributed by atoms with Gasteiger partial charge in [-0.05, 0) is 70.6 Å². The van der Waals surface area contributed by atoms with E-state index in [1.807, 2.05) is 0 Å². The van der Waals surface area contributed by atoms with E-state index in [4.69, 9.17) is 18.9 Å². The lowest BCUT2D eigenvalue weighted by atomic mass is 9.62. The molecule has 0 spiro atoms. The molecular formula is C36H36N2O12. The Hall–Kier alpha value is -5.40. The normalized spacial score (nSPS) is 30.6. The molecule has 5 atom stereocenters. The van der Waals surface area contributed by atoms with Crippen LogP contribution in [0.25, 0.3) is 0 Å². The van der Waals surface area contributed by atoms with E-state index >= 15 is 0 Å². The van der Waals surface area contributed by atoms with Gasteiger partial charge in [0, 0.05) is 30.4 Å². The molecule has 1 aromatic rings. The van der Waals surface area contributed by atoms with Crippen molar-refractivity contribution in [2.45, 2.75) is 83.0 Å². The van der Waals surface area contributed by atoms with E-state index in [1.54, 1.807) is 19.1 Å². The van der Waals surface area contributed by atoms with Crippen LogP contribution in [-0.4, -0.2) is 76.8 Å². The molecule has 262 valence electrons. The molecule has 3 heterocycles. The van der Waals surface area contributed by atoms with Crippen LogP contribution in [0, 0.1) is 11.3 Å². The van der Waals surface area contributed by atoms with Gasteiger partial charge in [0.15, 0.2) is 0 Å². The molecule has 2 saturated heterocycles. The zero-order valence-electron chi connectivity index (χ0n) is 28.0. The van der Waals surface area contributed by atoms with Gasteiger partial charge in [0.2, 0.25) is 11.8 Å². The highest BCUT2D eigenvalue weighted by Crippen LogP contribution is 2.65. The van der Waals surface area contributed by atoms with Crippen LogP contribution < -0.4 is 10.1 Å². The number of esters is 4. The van der Waals surface area contributed by atoms with Crippen molar-refractivity contribution in [2.75, 3.05) is 7.11 Å². The van der Waals surface area contributed by atoms with Gasteiger partial charge in [-0.1, -0.05) is 24.3 Å². The maximum absolute atomic E-state index is 13.8. The van der Waals surface area contributed by atoms with E-state index in [1.165, 1.54) is 51.3 Å². The molecule has 2 bridgehead atoms. The van der Waals surface area contributed by atoms with Crippen LogP contribution >= 0.6 is 0 Å². The number of carbonyl (C=O) groups is 8. The lowest BCUT2D eigenvalue weighted by molar-refractivity contribution is -0.235. The van der Waals surface area contributed by atoms with Crippen molar-refractivity contribution in [1.29, 1.82) is 0 Å². The number of ether oxygens (including phenoxy) is 4. The highest BCUT2D eigenvalue weighted by Gasteiger charge is 2.74. The van der Waals surface area contributed by atoms with Crippen molar-refractivity contribution in [2.24, 2.45) is 11.3 Å².